The first-order chi connectivity index (χ1) is 7.95. The summed E-state index contributed by atoms with van der Waals surface area (Å²) in [6.07, 6.45) is 9.48. The van der Waals surface area contributed by atoms with Gasteiger partial charge < -0.3 is 0 Å². The Morgan fingerprint density at radius 2 is 1.76 bits per heavy atom. The molecule has 1 aliphatic rings. The topological polar surface area (TPSA) is 17.1 Å². The molecular formula is C15H30OS. The second-order valence-electron chi connectivity index (χ2n) is 6.57. The van der Waals surface area contributed by atoms with Crippen molar-refractivity contribution in [2.45, 2.75) is 77.4 Å². The Hall–Kier alpha value is 0.150. The van der Waals surface area contributed by atoms with Gasteiger partial charge in [0.25, 0.3) is 0 Å². The largest absolute Gasteiger partial charge is 0.259 e. The molecule has 17 heavy (non-hydrogen) atoms. The number of hydrogen-bond donors (Lipinski definition) is 0. The Morgan fingerprint density at radius 3 is 2.24 bits per heavy atom. The maximum Gasteiger partial charge on any atom is 0.0375 e. The van der Waals surface area contributed by atoms with Crippen LogP contribution in [0, 0.1) is 11.8 Å². The van der Waals surface area contributed by atoms with E-state index in [1.807, 2.05) is 0 Å². The monoisotopic (exact) mass is 258 g/mol. The molecule has 1 saturated carbocycles. The Bertz CT molecular complexity index is 236. The Morgan fingerprint density at radius 1 is 1.18 bits per heavy atom. The van der Waals surface area contributed by atoms with Crippen LogP contribution in [-0.4, -0.2) is 14.7 Å². The molecule has 1 aliphatic carbocycles. The molecular weight excluding hydrogens is 228 g/mol. The van der Waals surface area contributed by atoms with Crippen molar-refractivity contribution in [3.8, 4) is 0 Å². The molecule has 1 unspecified atom stereocenters. The molecule has 0 heterocycles. The molecule has 1 fully saturated rings. The van der Waals surface area contributed by atoms with Gasteiger partial charge in [-0.25, -0.2) is 0 Å². The molecule has 0 radical (unpaired) electrons. The van der Waals surface area contributed by atoms with E-state index < -0.39 is 10.8 Å². The molecule has 0 aromatic carbocycles. The third-order valence-corrected chi connectivity index (χ3v) is 6.12. The molecule has 0 spiro atoms. The van der Waals surface area contributed by atoms with Gasteiger partial charge in [0, 0.05) is 21.3 Å². The van der Waals surface area contributed by atoms with Crippen LogP contribution in [0.4, 0.5) is 0 Å². The van der Waals surface area contributed by atoms with Gasteiger partial charge in [-0.3, -0.25) is 4.21 Å². The van der Waals surface area contributed by atoms with E-state index in [9.17, 15) is 4.21 Å². The van der Waals surface area contributed by atoms with Gasteiger partial charge in [0.1, 0.15) is 0 Å². The van der Waals surface area contributed by atoms with Gasteiger partial charge in [0.2, 0.25) is 0 Å². The van der Waals surface area contributed by atoms with Crippen molar-refractivity contribution in [2.24, 2.45) is 11.8 Å². The van der Waals surface area contributed by atoms with Crippen molar-refractivity contribution >= 4 is 10.8 Å². The Balaban J connectivity index is 2.55. The molecule has 102 valence electrons. The highest BCUT2D eigenvalue weighted by molar-refractivity contribution is 7.86. The quantitative estimate of drug-likeness (QED) is 0.708. The fraction of sp³-hybridized carbons (Fsp3) is 1.00. The van der Waals surface area contributed by atoms with Crippen molar-refractivity contribution in [1.82, 2.24) is 0 Å². The summed E-state index contributed by atoms with van der Waals surface area (Å²) in [5.74, 6) is 2.50. The zero-order valence-electron chi connectivity index (χ0n) is 12.1. The lowest BCUT2D eigenvalue weighted by atomic mass is 9.79. The molecule has 0 bridgehead atoms. The minimum absolute atomic E-state index is 0.0410. The van der Waals surface area contributed by atoms with Gasteiger partial charge >= 0.3 is 0 Å². The Kier molecular flexibility index (Phi) is 6.19. The molecule has 0 N–H and O–H groups in total. The fourth-order valence-electron chi connectivity index (χ4n) is 2.88. The zero-order chi connectivity index (χ0) is 12.9. The standard InChI is InChI=1S/C15H30OS/c1-5-9-14(12-17(16)15(2,3)4)13-10-7-6-8-11-13/h13-14H,5-12H2,1-4H3/t14?,17-/m1/s1. The molecule has 2 atom stereocenters. The highest BCUT2D eigenvalue weighted by Gasteiger charge is 2.28. The van der Waals surface area contributed by atoms with Crippen LogP contribution in [0.5, 0.6) is 0 Å². The van der Waals surface area contributed by atoms with E-state index in [1.165, 1.54) is 44.9 Å². The maximum absolute atomic E-state index is 12.3. The first-order valence-corrected chi connectivity index (χ1v) is 8.65. The third kappa shape index (κ3) is 5.11. The van der Waals surface area contributed by atoms with Crippen LogP contribution in [-0.2, 0) is 10.8 Å². The van der Waals surface area contributed by atoms with Crippen LogP contribution in [0.25, 0.3) is 0 Å². The second kappa shape index (κ2) is 6.92. The third-order valence-electron chi connectivity index (χ3n) is 4.02. The van der Waals surface area contributed by atoms with E-state index >= 15 is 0 Å². The summed E-state index contributed by atoms with van der Waals surface area (Å²) < 4.78 is 12.3. The lowest BCUT2D eigenvalue weighted by molar-refractivity contribution is 0.253. The molecule has 0 aromatic heterocycles. The molecule has 2 heteroatoms. The van der Waals surface area contributed by atoms with E-state index in [-0.39, 0.29) is 4.75 Å². The van der Waals surface area contributed by atoms with Gasteiger partial charge in [0.05, 0.1) is 0 Å². The molecule has 1 nitrogen and oxygen atoms in total. The zero-order valence-corrected chi connectivity index (χ0v) is 12.9. The maximum atomic E-state index is 12.3. The molecule has 0 aromatic rings. The highest BCUT2D eigenvalue weighted by atomic mass is 32.2. The van der Waals surface area contributed by atoms with Gasteiger partial charge in [-0.1, -0.05) is 45.4 Å². The number of hydrogen-bond acceptors (Lipinski definition) is 1. The van der Waals surface area contributed by atoms with Crippen LogP contribution < -0.4 is 0 Å². The van der Waals surface area contributed by atoms with E-state index in [0.29, 0.717) is 5.92 Å². The lowest BCUT2D eigenvalue weighted by Gasteiger charge is -2.31. The van der Waals surface area contributed by atoms with Crippen LogP contribution in [0.3, 0.4) is 0 Å². The minimum atomic E-state index is -0.671. The smallest absolute Gasteiger partial charge is 0.0375 e. The fourth-order valence-corrected chi connectivity index (χ4v) is 4.20. The molecule has 0 aliphatic heterocycles. The van der Waals surface area contributed by atoms with Crippen molar-refractivity contribution in [3.05, 3.63) is 0 Å². The summed E-state index contributed by atoms with van der Waals surface area (Å²) in [5.41, 5.74) is 0. The van der Waals surface area contributed by atoms with Gasteiger partial charge in [-0.2, -0.15) is 0 Å². The molecule has 0 amide bonds. The predicted molar refractivity (Wildman–Crippen MR) is 77.7 cm³/mol. The average Bonchev–Trinajstić information content (AvgIpc) is 2.28. The minimum Gasteiger partial charge on any atom is -0.259 e. The summed E-state index contributed by atoms with van der Waals surface area (Å²) in [6, 6.07) is 0. The van der Waals surface area contributed by atoms with Crippen LogP contribution in [0.1, 0.15) is 72.6 Å². The summed E-state index contributed by atoms with van der Waals surface area (Å²) in [4.78, 5) is 0. The summed E-state index contributed by atoms with van der Waals surface area (Å²) in [7, 11) is -0.671. The Labute approximate surface area is 110 Å². The SMILES string of the molecule is CCCC(C[S@@](=O)C(C)(C)C)C1CCCCC1. The van der Waals surface area contributed by atoms with Crippen LogP contribution in [0.2, 0.25) is 0 Å². The molecule has 1 rings (SSSR count). The first-order valence-electron chi connectivity index (χ1n) is 7.33. The van der Waals surface area contributed by atoms with Gasteiger partial charge in [-0.05, 0) is 39.0 Å². The van der Waals surface area contributed by atoms with Gasteiger partial charge in [0.15, 0.2) is 0 Å². The summed E-state index contributed by atoms with van der Waals surface area (Å²) in [5, 5.41) is 0. The van der Waals surface area contributed by atoms with E-state index in [0.717, 1.165) is 11.7 Å². The number of rotatable bonds is 5. The van der Waals surface area contributed by atoms with E-state index in [4.69, 9.17) is 0 Å². The van der Waals surface area contributed by atoms with Crippen molar-refractivity contribution < 1.29 is 4.21 Å². The average molecular weight is 258 g/mol. The van der Waals surface area contributed by atoms with E-state index in [2.05, 4.69) is 27.7 Å². The predicted octanol–water partition coefficient (Wildman–Crippen LogP) is 4.53. The summed E-state index contributed by atoms with van der Waals surface area (Å²) in [6.45, 7) is 8.57. The van der Waals surface area contributed by atoms with Crippen molar-refractivity contribution in [3.63, 3.8) is 0 Å². The van der Waals surface area contributed by atoms with Crippen molar-refractivity contribution in [2.75, 3.05) is 5.75 Å². The van der Waals surface area contributed by atoms with Crippen molar-refractivity contribution in [1.29, 1.82) is 0 Å². The van der Waals surface area contributed by atoms with Gasteiger partial charge in [-0.15, -0.1) is 0 Å². The van der Waals surface area contributed by atoms with Crippen LogP contribution in [0.15, 0.2) is 0 Å². The summed E-state index contributed by atoms with van der Waals surface area (Å²) >= 11 is 0. The second-order valence-corrected chi connectivity index (χ2v) is 8.82. The highest BCUT2D eigenvalue weighted by Crippen LogP contribution is 2.34. The first kappa shape index (κ1) is 15.2. The lowest BCUT2D eigenvalue weighted by Crippen LogP contribution is -2.31. The molecule has 0 saturated heterocycles. The van der Waals surface area contributed by atoms with Crippen LogP contribution >= 0.6 is 0 Å². The van der Waals surface area contributed by atoms with E-state index in [1.54, 1.807) is 0 Å². The normalized spacial score (nSPS) is 22.4.